The highest BCUT2D eigenvalue weighted by molar-refractivity contribution is 7.07. The fourth-order valence-corrected chi connectivity index (χ4v) is 2.72. The topological polar surface area (TPSA) is 50.4 Å². The van der Waals surface area contributed by atoms with Crippen LogP contribution in [0.2, 0.25) is 0 Å². The molecule has 1 aliphatic heterocycles. The van der Waals surface area contributed by atoms with E-state index in [0.717, 1.165) is 19.5 Å². The summed E-state index contributed by atoms with van der Waals surface area (Å²) in [6.45, 7) is 1.61. The van der Waals surface area contributed by atoms with Gasteiger partial charge in [-0.2, -0.15) is 11.3 Å². The Morgan fingerprint density at radius 2 is 2.53 bits per heavy atom. The lowest BCUT2D eigenvalue weighted by atomic mass is 10.1. The number of hydrogen-bond donors (Lipinski definition) is 2. The third-order valence-corrected chi connectivity index (χ3v) is 3.76. The van der Waals surface area contributed by atoms with Crippen LogP contribution in [0, 0.1) is 0 Å². The van der Waals surface area contributed by atoms with Gasteiger partial charge in [0.2, 0.25) is 5.91 Å². The van der Waals surface area contributed by atoms with Crippen molar-refractivity contribution < 1.29 is 9.53 Å². The van der Waals surface area contributed by atoms with E-state index in [-0.39, 0.29) is 18.1 Å². The van der Waals surface area contributed by atoms with Crippen molar-refractivity contribution in [1.82, 2.24) is 10.6 Å². The van der Waals surface area contributed by atoms with E-state index in [1.54, 1.807) is 18.4 Å². The molecule has 2 heterocycles. The van der Waals surface area contributed by atoms with Crippen molar-refractivity contribution in [3.8, 4) is 0 Å². The van der Waals surface area contributed by atoms with E-state index in [4.69, 9.17) is 4.74 Å². The predicted molar refractivity (Wildman–Crippen MR) is 68.2 cm³/mol. The van der Waals surface area contributed by atoms with Crippen LogP contribution in [0.15, 0.2) is 16.8 Å². The van der Waals surface area contributed by atoms with E-state index in [1.165, 1.54) is 5.56 Å². The summed E-state index contributed by atoms with van der Waals surface area (Å²) >= 11 is 1.67. The van der Waals surface area contributed by atoms with Crippen LogP contribution in [0.25, 0.3) is 0 Å². The number of amides is 1. The SMILES string of the molecule is COC1CNCC1NC(=O)CCc1ccsc1. The number of nitrogens with one attached hydrogen (secondary N) is 2. The second-order valence-corrected chi connectivity index (χ2v) is 5.02. The highest BCUT2D eigenvalue weighted by Gasteiger charge is 2.27. The first-order valence-corrected chi connectivity index (χ1v) is 6.78. The quantitative estimate of drug-likeness (QED) is 0.816. The van der Waals surface area contributed by atoms with E-state index in [1.807, 2.05) is 5.38 Å². The fourth-order valence-electron chi connectivity index (χ4n) is 2.02. The van der Waals surface area contributed by atoms with Gasteiger partial charge in [0, 0.05) is 26.6 Å². The number of rotatable bonds is 5. The molecule has 0 saturated carbocycles. The summed E-state index contributed by atoms with van der Waals surface area (Å²) in [5, 5.41) is 10.4. The van der Waals surface area contributed by atoms with Gasteiger partial charge in [0.15, 0.2) is 0 Å². The minimum atomic E-state index is 0.0973. The Labute approximate surface area is 105 Å². The largest absolute Gasteiger partial charge is 0.378 e. The zero-order valence-corrected chi connectivity index (χ0v) is 10.8. The van der Waals surface area contributed by atoms with Crippen LogP contribution in [0.1, 0.15) is 12.0 Å². The highest BCUT2D eigenvalue weighted by atomic mass is 32.1. The summed E-state index contributed by atoms with van der Waals surface area (Å²) in [6, 6.07) is 2.17. The van der Waals surface area contributed by atoms with Crippen molar-refractivity contribution >= 4 is 17.2 Å². The molecule has 0 aliphatic carbocycles. The average Bonchev–Trinajstić information content (AvgIpc) is 2.97. The maximum atomic E-state index is 11.8. The van der Waals surface area contributed by atoms with Gasteiger partial charge in [-0.25, -0.2) is 0 Å². The lowest BCUT2D eigenvalue weighted by Crippen LogP contribution is -2.43. The van der Waals surface area contributed by atoms with Crippen LogP contribution in [0.3, 0.4) is 0 Å². The molecular formula is C12H18N2O2S. The zero-order valence-electron chi connectivity index (χ0n) is 9.94. The van der Waals surface area contributed by atoms with Gasteiger partial charge >= 0.3 is 0 Å². The zero-order chi connectivity index (χ0) is 12.1. The van der Waals surface area contributed by atoms with E-state index < -0.39 is 0 Å². The normalized spacial score (nSPS) is 23.8. The Morgan fingerprint density at radius 3 is 3.24 bits per heavy atom. The van der Waals surface area contributed by atoms with Gasteiger partial charge in [-0.05, 0) is 28.8 Å². The predicted octanol–water partition coefficient (Wildman–Crippen LogP) is 0.784. The third kappa shape index (κ3) is 3.52. The van der Waals surface area contributed by atoms with Crippen LogP contribution in [0.5, 0.6) is 0 Å². The van der Waals surface area contributed by atoms with Crippen LogP contribution in [-0.2, 0) is 16.0 Å². The molecule has 0 aromatic carbocycles. The van der Waals surface area contributed by atoms with Crippen LogP contribution < -0.4 is 10.6 Å². The van der Waals surface area contributed by atoms with Crippen LogP contribution >= 0.6 is 11.3 Å². The monoisotopic (exact) mass is 254 g/mol. The second kappa shape index (κ2) is 6.14. The standard InChI is InChI=1S/C12H18N2O2S/c1-16-11-7-13-6-10(11)14-12(15)3-2-9-4-5-17-8-9/h4-5,8,10-11,13H,2-3,6-7H2,1H3,(H,14,15). The smallest absolute Gasteiger partial charge is 0.220 e. The fraction of sp³-hybridized carbons (Fsp3) is 0.583. The van der Waals surface area contributed by atoms with Gasteiger partial charge < -0.3 is 15.4 Å². The Kier molecular flexibility index (Phi) is 4.53. The van der Waals surface area contributed by atoms with Crippen LogP contribution in [-0.4, -0.2) is 38.3 Å². The lowest BCUT2D eigenvalue weighted by molar-refractivity contribution is -0.122. The number of methoxy groups -OCH3 is 1. The molecule has 1 saturated heterocycles. The van der Waals surface area contributed by atoms with Crippen molar-refractivity contribution in [2.45, 2.75) is 25.0 Å². The average molecular weight is 254 g/mol. The molecule has 2 atom stereocenters. The van der Waals surface area contributed by atoms with E-state index in [2.05, 4.69) is 22.1 Å². The molecular weight excluding hydrogens is 236 g/mol. The molecule has 2 N–H and O–H groups in total. The highest BCUT2D eigenvalue weighted by Crippen LogP contribution is 2.09. The van der Waals surface area contributed by atoms with Gasteiger partial charge in [0.25, 0.3) is 0 Å². The molecule has 2 rings (SSSR count). The molecule has 1 aromatic heterocycles. The Hall–Kier alpha value is -0.910. The first kappa shape index (κ1) is 12.5. The van der Waals surface area contributed by atoms with Gasteiger partial charge in [0.05, 0.1) is 12.1 Å². The van der Waals surface area contributed by atoms with Gasteiger partial charge in [-0.1, -0.05) is 0 Å². The van der Waals surface area contributed by atoms with Crippen molar-refractivity contribution in [2.24, 2.45) is 0 Å². The molecule has 1 amide bonds. The Morgan fingerprint density at radius 1 is 1.65 bits per heavy atom. The van der Waals surface area contributed by atoms with Crippen LogP contribution in [0.4, 0.5) is 0 Å². The number of aryl methyl sites for hydroxylation is 1. The number of carbonyl (C=O) groups is 1. The van der Waals surface area contributed by atoms with Gasteiger partial charge in [0.1, 0.15) is 0 Å². The summed E-state index contributed by atoms with van der Waals surface area (Å²) in [5.74, 6) is 0.104. The van der Waals surface area contributed by atoms with Gasteiger partial charge in [-0.3, -0.25) is 4.79 Å². The lowest BCUT2D eigenvalue weighted by Gasteiger charge is -2.18. The van der Waals surface area contributed by atoms with Crippen molar-refractivity contribution in [2.75, 3.05) is 20.2 Å². The number of ether oxygens (including phenoxy) is 1. The molecule has 0 radical (unpaired) electrons. The number of thiophene rings is 1. The maximum Gasteiger partial charge on any atom is 0.220 e. The summed E-state index contributed by atoms with van der Waals surface area (Å²) in [6.07, 6.45) is 1.46. The third-order valence-electron chi connectivity index (χ3n) is 3.03. The minimum Gasteiger partial charge on any atom is -0.378 e. The molecule has 17 heavy (non-hydrogen) atoms. The molecule has 1 fully saturated rings. The number of hydrogen-bond acceptors (Lipinski definition) is 4. The molecule has 1 aliphatic rings. The Bertz CT molecular complexity index is 353. The Balaban J connectivity index is 1.73. The van der Waals surface area contributed by atoms with E-state index >= 15 is 0 Å². The summed E-state index contributed by atoms with van der Waals surface area (Å²) < 4.78 is 5.30. The molecule has 4 nitrogen and oxygen atoms in total. The summed E-state index contributed by atoms with van der Waals surface area (Å²) in [4.78, 5) is 11.8. The molecule has 5 heteroatoms. The molecule has 94 valence electrons. The first-order valence-electron chi connectivity index (χ1n) is 5.83. The maximum absolute atomic E-state index is 11.8. The minimum absolute atomic E-state index is 0.0973. The summed E-state index contributed by atoms with van der Waals surface area (Å²) in [7, 11) is 1.68. The number of carbonyl (C=O) groups excluding carboxylic acids is 1. The summed E-state index contributed by atoms with van der Waals surface area (Å²) in [5.41, 5.74) is 1.23. The van der Waals surface area contributed by atoms with Crippen molar-refractivity contribution in [1.29, 1.82) is 0 Å². The first-order chi connectivity index (χ1) is 8.29. The van der Waals surface area contributed by atoms with E-state index in [0.29, 0.717) is 6.42 Å². The van der Waals surface area contributed by atoms with E-state index in [9.17, 15) is 4.79 Å². The van der Waals surface area contributed by atoms with Gasteiger partial charge in [-0.15, -0.1) is 0 Å². The van der Waals surface area contributed by atoms with Crippen molar-refractivity contribution in [3.63, 3.8) is 0 Å². The van der Waals surface area contributed by atoms with Crippen molar-refractivity contribution in [3.05, 3.63) is 22.4 Å². The molecule has 0 bridgehead atoms. The molecule has 1 aromatic rings. The molecule has 0 spiro atoms. The second-order valence-electron chi connectivity index (χ2n) is 4.24. The molecule has 2 unspecified atom stereocenters.